The van der Waals surface area contributed by atoms with Crippen LogP contribution in [0, 0.1) is 27.9 Å². The van der Waals surface area contributed by atoms with Crippen LogP contribution in [0.1, 0.15) is 44.1 Å². The number of alkyl halides is 3. The van der Waals surface area contributed by atoms with Crippen LogP contribution in [-0.2, 0) is 10.2 Å². The van der Waals surface area contributed by atoms with E-state index in [0.717, 1.165) is 24.8 Å². The summed E-state index contributed by atoms with van der Waals surface area (Å²) in [6, 6.07) is 4.28. The van der Waals surface area contributed by atoms with Gasteiger partial charge in [0, 0.05) is 6.07 Å². The Morgan fingerprint density at radius 3 is 2.12 bits per heavy atom. The van der Waals surface area contributed by atoms with Crippen LogP contribution in [0.2, 0.25) is 0 Å². The zero-order valence-corrected chi connectivity index (χ0v) is 14.0. The molecule has 4 aliphatic carbocycles. The van der Waals surface area contributed by atoms with E-state index in [0.29, 0.717) is 17.8 Å². The summed E-state index contributed by atoms with van der Waals surface area (Å²) in [4.78, 5) is 21.8. The number of nitro groups is 1. The van der Waals surface area contributed by atoms with Crippen molar-refractivity contribution >= 4 is 17.3 Å². The minimum Gasteiger partial charge on any atom is -0.312 e. The lowest BCUT2D eigenvalue weighted by Gasteiger charge is -2.57. The molecule has 4 fully saturated rings. The topological polar surface area (TPSA) is 72.2 Å². The smallest absolute Gasteiger partial charge is 0.312 e. The first kappa shape index (κ1) is 17.3. The van der Waals surface area contributed by atoms with E-state index >= 15 is 0 Å². The third kappa shape index (κ3) is 2.85. The van der Waals surface area contributed by atoms with Gasteiger partial charge in [0.1, 0.15) is 5.69 Å². The van der Waals surface area contributed by atoms with Crippen molar-refractivity contribution in [1.29, 1.82) is 0 Å². The molecule has 5 rings (SSSR count). The number of carbonyl (C=O) groups is 1. The van der Waals surface area contributed by atoms with E-state index in [1.54, 1.807) is 11.4 Å². The van der Waals surface area contributed by atoms with Gasteiger partial charge in [0.05, 0.1) is 4.92 Å². The zero-order valence-electron chi connectivity index (χ0n) is 14.0. The van der Waals surface area contributed by atoms with Gasteiger partial charge in [-0.05, 0) is 73.3 Å². The van der Waals surface area contributed by atoms with Gasteiger partial charge in [0.15, 0.2) is 0 Å². The van der Waals surface area contributed by atoms with Crippen LogP contribution in [0.4, 0.5) is 24.5 Å². The fourth-order valence-corrected chi connectivity index (χ4v) is 5.78. The van der Waals surface area contributed by atoms with Crippen molar-refractivity contribution in [1.82, 2.24) is 0 Å². The molecule has 1 aromatic carbocycles. The number of nitro benzene ring substituents is 1. The predicted molar refractivity (Wildman–Crippen MR) is 87.6 cm³/mol. The molecule has 0 saturated heterocycles. The molecule has 0 heterocycles. The number of halogens is 3. The van der Waals surface area contributed by atoms with Crippen molar-refractivity contribution in [3.05, 3.63) is 33.9 Å². The molecule has 4 bridgehead atoms. The predicted octanol–water partition coefficient (Wildman–Crippen LogP) is 4.56. The average Bonchev–Trinajstić information content (AvgIpc) is 2.52. The highest BCUT2D eigenvalue weighted by Crippen LogP contribution is 2.61. The summed E-state index contributed by atoms with van der Waals surface area (Å²) in [5.41, 5.74) is -0.165. The molecule has 1 amide bonds. The maximum Gasteiger partial charge on any atom is 0.471 e. The second-order valence-corrected chi connectivity index (χ2v) is 8.14. The van der Waals surface area contributed by atoms with E-state index < -0.39 is 28.4 Å². The molecule has 4 aliphatic rings. The van der Waals surface area contributed by atoms with Crippen molar-refractivity contribution < 1.29 is 22.9 Å². The Labute approximate surface area is 148 Å². The average molecular weight is 368 g/mol. The molecule has 140 valence electrons. The molecule has 1 aromatic rings. The first-order valence-corrected chi connectivity index (χ1v) is 8.83. The van der Waals surface area contributed by atoms with Crippen LogP contribution < -0.4 is 5.32 Å². The number of carbonyl (C=O) groups excluding carboxylic acids is 1. The van der Waals surface area contributed by atoms with Crippen molar-refractivity contribution in [2.24, 2.45) is 17.8 Å². The minimum absolute atomic E-state index is 0.105. The number of hydrogen-bond donors (Lipinski definition) is 1. The standard InChI is InChI=1S/C18H19F3N2O3/c19-18(20,21)16(24)22-14-2-1-13(6-15(14)23(25)26)17-7-10-3-11(8-17)5-12(4-10)9-17/h1-2,6,10-12H,3-5,7-9H2,(H,22,24). The lowest BCUT2D eigenvalue weighted by atomic mass is 9.48. The summed E-state index contributed by atoms with van der Waals surface area (Å²) in [6.45, 7) is 0. The Morgan fingerprint density at radius 1 is 1.12 bits per heavy atom. The van der Waals surface area contributed by atoms with Crippen molar-refractivity contribution in [3.8, 4) is 0 Å². The van der Waals surface area contributed by atoms with Crippen LogP contribution in [0.25, 0.3) is 0 Å². The number of anilines is 1. The summed E-state index contributed by atoms with van der Waals surface area (Å²) >= 11 is 0. The van der Waals surface area contributed by atoms with E-state index in [4.69, 9.17) is 0 Å². The van der Waals surface area contributed by atoms with E-state index in [1.807, 2.05) is 0 Å². The van der Waals surface area contributed by atoms with Crippen molar-refractivity contribution in [3.63, 3.8) is 0 Å². The fourth-order valence-electron chi connectivity index (χ4n) is 5.78. The van der Waals surface area contributed by atoms with Crippen molar-refractivity contribution in [2.75, 3.05) is 5.32 Å². The van der Waals surface area contributed by atoms with Gasteiger partial charge in [0.2, 0.25) is 0 Å². The van der Waals surface area contributed by atoms with Gasteiger partial charge in [-0.2, -0.15) is 13.2 Å². The second-order valence-electron chi connectivity index (χ2n) is 8.14. The molecule has 0 aromatic heterocycles. The number of nitrogens with zero attached hydrogens (tertiary/aromatic N) is 1. The first-order valence-electron chi connectivity index (χ1n) is 8.83. The van der Waals surface area contributed by atoms with Gasteiger partial charge in [0.25, 0.3) is 5.69 Å². The van der Waals surface area contributed by atoms with Crippen LogP contribution in [0.3, 0.4) is 0 Å². The van der Waals surface area contributed by atoms with E-state index in [1.165, 1.54) is 31.4 Å². The summed E-state index contributed by atoms with van der Waals surface area (Å²) in [5, 5.41) is 13.0. The Bertz CT molecular complexity index is 740. The van der Waals surface area contributed by atoms with Gasteiger partial charge >= 0.3 is 12.1 Å². The number of nitrogens with one attached hydrogen (secondary N) is 1. The molecule has 0 atom stereocenters. The number of hydrogen-bond acceptors (Lipinski definition) is 3. The van der Waals surface area contributed by atoms with Gasteiger partial charge in [-0.1, -0.05) is 6.07 Å². The third-order valence-electron chi connectivity index (χ3n) is 6.35. The lowest BCUT2D eigenvalue weighted by molar-refractivity contribution is -0.384. The molecule has 4 saturated carbocycles. The number of rotatable bonds is 3. The molecule has 0 aliphatic heterocycles. The van der Waals surface area contributed by atoms with Gasteiger partial charge in [-0.25, -0.2) is 0 Å². The second kappa shape index (κ2) is 5.69. The van der Waals surface area contributed by atoms with E-state index in [2.05, 4.69) is 0 Å². The Kier molecular flexibility index (Phi) is 3.79. The monoisotopic (exact) mass is 368 g/mol. The first-order chi connectivity index (χ1) is 12.2. The maximum absolute atomic E-state index is 12.5. The maximum atomic E-state index is 12.5. The fraction of sp³-hybridized carbons (Fsp3) is 0.611. The highest BCUT2D eigenvalue weighted by molar-refractivity contribution is 5.96. The quantitative estimate of drug-likeness (QED) is 0.628. The summed E-state index contributed by atoms with van der Waals surface area (Å²) in [6.07, 6.45) is 1.55. The van der Waals surface area contributed by atoms with E-state index in [-0.39, 0.29) is 5.41 Å². The Morgan fingerprint density at radius 2 is 1.65 bits per heavy atom. The molecule has 0 radical (unpaired) electrons. The highest BCUT2D eigenvalue weighted by Gasteiger charge is 2.52. The van der Waals surface area contributed by atoms with Crippen LogP contribution >= 0.6 is 0 Å². The van der Waals surface area contributed by atoms with Gasteiger partial charge in [-0.15, -0.1) is 0 Å². The Balaban J connectivity index is 1.68. The summed E-state index contributed by atoms with van der Waals surface area (Å²) < 4.78 is 37.4. The van der Waals surface area contributed by atoms with Crippen molar-refractivity contribution in [2.45, 2.75) is 50.1 Å². The third-order valence-corrected chi connectivity index (χ3v) is 6.35. The molecule has 8 heteroatoms. The molecule has 1 N–H and O–H groups in total. The zero-order chi connectivity index (χ0) is 18.7. The molecule has 0 spiro atoms. The lowest BCUT2D eigenvalue weighted by Crippen LogP contribution is -2.48. The van der Waals surface area contributed by atoms with Crippen LogP contribution in [-0.4, -0.2) is 17.0 Å². The summed E-state index contributed by atoms with van der Waals surface area (Å²) in [7, 11) is 0. The molecule has 5 nitrogen and oxygen atoms in total. The SMILES string of the molecule is O=C(Nc1ccc(C23CC4CC(CC(C4)C2)C3)cc1[N+](=O)[O-])C(F)(F)F. The molecule has 0 unspecified atom stereocenters. The summed E-state index contributed by atoms with van der Waals surface area (Å²) in [5.74, 6) is -0.275. The minimum atomic E-state index is -5.09. The van der Waals surface area contributed by atoms with E-state index in [9.17, 15) is 28.1 Å². The Hall–Kier alpha value is -2.12. The van der Waals surface area contributed by atoms with Crippen LogP contribution in [0.5, 0.6) is 0 Å². The van der Waals surface area contributed by atoms with Crippen LogP contribution in [0.15, 0.2) is 18.2 Å². The molecular formula is C18H19F3N2O3. The van der Waals surface area contributed by atoms with Gasteiger partial charge in [-0.3, -0.25) is 14.9 Å². The van der Waals surface area contributed by atoms with Gasteiger partial charge < -0.3 is 5.32 Å². The normalized spacial score (nSPS) is 32.5. The largest absolute Gasteiger partial charge is 0.471 e. The number of benzene rings is 1. The highest BCUT2D eigenvalue weighted by atomic mass is 19.4. The molecule has 26 heavy (non-hydrogen) atoms. The molecular weight excluding hydrogens is 349 g/mol. The number of amides is 1.